The van der Waals surface area contributed by atoms with Gasteiger partial charge in [0.05, 0.1) is 11.4 Å². The topological polar surface area (TPSA) is 59.6 Å². The Labute approximate surface area is 131 Å². The number of halogens is 2. The highest BCUT2D eigenvalue weighted by Gasteiger charge is 2.35. The van der Waals surface area contributed by atoms with Gasteiger partial charge in [-0.15, -0.1) is 0 Å². The minimum absolute atomic E-state index is 0.0938. The number of ether oxygens (including phenoxy) is 2. The van der Waals surface area contributed by atoms with E-state index in [2.05, 4.69) is 15.4 Å². The predicted molar refractivity (Wildman–Crippen MR) is 81.1 cm³/mol. The van der Waals surface area contributed by atoms with Crippen molar-refractivity contribution in [1.29, 1.82) is 0 Å². The maximum Gasteiger partial charge on any atom is 0.415 e. The van der Waals surface area contributed by atoms with Crippen LogP contribution >= 0.6 is 0 Å². The van der Waals surface area contributed by atoms with Crippen LogP contribution < -0.4 is 20.1 Å². The lowest BCUT2D eigenvalue weighted by Gasteiger charge is -2.26. The summed E-state index contributed by atoms with van der Waals surface area (Å²) in [5.41, 5.74) is 1.37. The van der Waals surface area contributed by atoms with Gasteiger partial charge in [-0.05, 0) is 24.3 Å². The van der Waals surface area contributed by atoms with E-state index in [9.17, 15) is 13.6 Å². The van der Waals surface area contributed by atoms with Gasteiger partial charge in [-0.25, -0.2) is 0 Å². The van der Waals surface area contributed by atoms with E-state index in [0.29, 0.717) is 5.69 Å². The predicted octanol–water partition coefficient (Wildman–Crippen LogP) is 3.10. The molecule has 0 saturated heterocycles. The fourth-order valence-corrected chi connectivity index (χ4v) is 2.12. The quantitative estimate of drug-likeness (QED) is 0.783. The molecule has 120 valence electrons. The molecule has 0 bridgehead atoms. The fraction of sp³-hybridized carbons (Fsp3) is 0.188. The van der Waals surface area contributed by atoms with Gasteiger partial charge in [-0.3, -0.25) is 4.79 Å². The number of carbonyl (C=O) groups excluding carboxylic acids is 1. The smallest absolute Gasteiger partial charge is 0.415 e. The van der Waals surface area contributed by atoms with Crippen LogP contribution in [0.1, 0.15) is 0 Å². The summed E-state index contributed by atoms with van der Waals surface area (Å²) in [4.78, 5) is 10.8. The molecule has 2 aliphatic heterocycles. The van der Waals surface area contributed by atoms with Crippen LogP contribution in [0.15, 0.2) is 48.5 Å². The van der Waals surface area contributed by atoms with Crippen LogP contribution in [-0.4, -0.2) is 25.2 Å². The molecule has 5 nitrogen and oxygen atoms in total. The second-order valence-corrected chi connectivity index (χ2v) is 4.92. The zero-order chi connectivity index (χ0) is 16.3. The zero-order valence-electron chi connectivity index (χ0n) is 12.0. The van der Waals surface area contributed by atoms with E-state index in [-0.39, 0.29) is 18.3 Å². The van der Waals surface area contributed by atoms with Crippen LogP contribution in [0.4, 0.5) is 20.2 Å². The second-order valence-electron chi connectivity index (χ2n) is 4.92. The highest BCUT2D eigenvalue weighted by molar-refractivity contribution is 5.95. The number of benzene rings is 2. The molecular weight excluding hydrogens is 306 g/mol. The van der Waals surface area contributed by atoms with Crippen LogP contribution in [0.25, 0.3) is 0 Å². The Morgan fingerprint density at radius 3 is 2.39 bits per heavy atom. The Balaban J connectivity index is 0.000000136. The molecule has 4 rings (SSSR count). The molecule has 2 aliphatic rings. The molecule has 2 N–H and O–H groups in total. The minimum Gasteiger partial charge on any atom is -0.482 e. The number of carbonyl (C=O) groups is 1. The summed E-state index contributed by atoms with van der Waals surface area (Å²) < 4.78 is 34.7. The summed E-state index contributed by atoms with van der Waals surface area (Å²) in [7, 11) is 0. The molecule has 2 aromatic carbocycles. The summed E-state index contributed by atoms with van der Waals surface area (Å²) in [5, 5.41) is 5.27. The number of para-hydroxylation sites is 4. The van der Waals surface area contributed by atoms with Crippen molar-refractivity contribution in [2.24, 2.45) is 0 Å². The second kappa shape index (κ2) is 6.12. The standard InChI is InChI=1S/C8H7F2NO.C8H7NO2/c9-8(10)5-11-6-3-1-2-4-7(6)12-8;10-8-5-11-7-4-2-1-3-6(7)9-8/h1-4,11H,5H2;1-4H,5H2,(H,9,10). The van der Waals surface area contributed by atoms with Gasteiger partial charge in [-0.1, -0.05) is 24.3 Å². The first-order valence-corrected chi connectivity index (χ1v) is 6.95. The maximum atomic E-state index is 12.6. The third kappa shape index (κ3) is 3.68. The van der Waals surface area contributed by atoms with E-state index in [0.717, 1.165) is 11.4 Å². The highest BCUT2D eigenvalue weighted by Crippen LogP contribution is 2.33. The monoisotopic (exact) mass is 320 g/mol. The molecule has 0 aromatic heterocycles. The van der Waals surface area contributed by atoms with Crippen molar-refractivity contribution in [2.45, 2.75) is 6.11 Å². The number of rotatable bonds is 0. The lowest BCUT2D eigenvalue weighted by Crippen LogP contribution is -2.37. The number of fused-ring (bicyclic) bond motifs is 2. The summed E-state index contributed by atoms with van der Waals surface area (Å²) >= 11 is 0. The lowest BCUT2D eigenvalue weighted by atomic mass is 10.2. The van der Waals surface area contributed by atoms with Gasteiger partial charge in [0, 0.05) is 0 Å². The van der Waals surface area contributed by atoms with Gasteiger partial charge < -0.3 is 20.1 Å². The number of hydrogen-bond donors (Lipinski definition) is 2. The molecule has 2 heterocycles. The summed E-state index contributed by atoms with van der Waals surface area (Å²) in [6.45, 7) is -0.346. The molecule has 0 fully saturated rings. The van der Waals surface area contributed by atoms with Crippen LogP contribution in [0.2, 0.25) is 0 Å². The Kier molecular flexibility index (Phi) is 4.01. The maximum absolute atomic E-state index is 12.6. The van der Waals surface area contributed by atoms with Gasteiger partial charge in [0.25, 0.3) is 5.91 Å². The van der Waals surface area contributed by atoms with Gasteiger partial charge in [0.15, 0.2) is 6.61 Å². The fourth-order valence-electron chi connectivity index (χ4n) is 2.12. The summed E-state index contributed by atoms with van der Waals surface area (Å²) in [6.07, 6.45) is -3.09. The molecule has 0 atom stereocenters. The molecule has 7 heteroatoms. The Morgan fingerprint density at radius 2 is 1.61 bits per heavy atom. The van der Waals surface area contributed by atoms with Crippen molar-refractivity contribution >= 4 is 17.3 Å². The number of hydrogen-bond acceptors (Lipinski definition) is 4. The van der Waals surface area contributed by atoms with Gasteiger partial charge in [-0.2, -0.15) is 8.78 Å². The van der Waals surface area contributed by atoms with Gasteiger partial charge >= 0.3 is 6.11 Å². The molecule has 0 aliphatic carbocycles. The van der Waals surface area contributed by atoms with Crippen molar-refractivity contribution < 1.29 is 23.0 Å². The number of amides is 1. The molecule has 0 spiro atoms. The third-order valence-corrected chi connectivity index (χ3v) is 3.15. The van der Waals surface area contributed by atoms with Crippen LogP contribution in [-0.2, 0) is 4.79 Å². The lowest BCUT2D eigenvalue weighted by molar-refractivity contribution is -0.166. The van der Waals surface area contributed by atoms with Crippen LogP contribution in [0.5, 0.6) is 11.5 Å². The van der Waals surface area contributed by atoms with E-state index >= 15 is 0 Å². The molecule has 0 radical (unpaired) electrons. The van der Waals surface area contributed by atoms with Crippen molar-refractivity contribution in [3.63, 3.8) is 0 Å². The highest BCUT2D eigenvalue weighted by atomic mass is 19.3. The zero-order valence-corrected chi connectivity index (χ0v) is 12.0. The summed E-state index contributed by atoms with van der Waals surface area (Å²) in [6, 6.07) is 14.0. The third-order valence-electron chi connectivity index (χ3n) is 3.15. The summed E-state index contributed by atoms with van der Waals surface area (Å²) in [5.74, 6) is 0.851. The average Bonchev–Trinajstić information content (AvgIpc) is 2.54. The Morgan fingerprint density at radius 1 is 0.957 bits per heavy atom. The number of anilines is 2. The van der Waals surface area contributed by atoms with E-state index < -0.39 is 12.7 Å². The minimum atomic E-state index is -3.09. The molecule has 0 unspecified atom stereocenters. The number of nitrogens with one attached hydrogen (secondary N) is 2. The van der Waals surface area contributed by atoms with E-state index in [1.807, 2.05) is 24.3 Å². The van der Waals surface area contributed by atoms with Crippen molar-refractivity contribution in [2.75, 3.05) is 23.8 Å². The van der Waals surface area contributed by atoms with E-state index in [1.54, 1.807) is 18.2 Å². The molecule has 23 heavy (non-hydrogen) atoms. The van der Waals surface area contributed by atoms with Crippen molar-refractivity contribution in [3.8, 4) is 11.5 Å². The van der Waals surface area contributed by atoms with E-state index in [1.165, 1.54) is 6.07 Å². The van der Waals surface area contributed by atoms with E-state index in [4.69, 9.17) is 4.74 Å². The molecule has 2 aromatic rings. The van der Waals surface area contributed by atoms with Gasteiger partial charge in [0.2, 0.25) is 0 Å². The first-order chi connectivity index (χ1) is 11.0. The molecule has 1 amide bonds. The average molecular weight is 320 g/mol. The Bertz CT molecular complexity index is 722. The van der Waals surface area contributed by atoms with Gasteiger partial charge in [0.1, 0.15) is 18.0 Å². The van der Waals surface area contributed by atoms with Crippen LogP contribution in [0, 0.1) is 0 Å². The molecule has 0 saturated carbocycles. The molecular formula is C16H14F2N2O3. The number of alkyl halides is 2. The van der Waals surface area contributed by atoms with Crippen LogP contribution in [0.3, 0.4) is 0 Å². The Hall–Kier alpha value is -2.83. The SMILES string of the molecule is FC1(F)CNc2ccccc2O1.O=C1COc2ccccc2N1. The first kappa shape index (κ1) is 15.1. The largest absolute Gasteiger partial charge is 0.482 e. The van der Waals surface area contributed by atoms with Crippen molar-refractivity contribution in [1.82, 2.24) is 0 Å². The van der Waals surface area contributed by atoms with Crippen molar-refractivity contribution in [3.05, 3.63) is 48.5 Å². The first-order valence-electron chi connectivity index (χ1n) is 6.95. The normalized spacial score (nSPS) is 16.9.